The summed E-state index contributed by atoms with van der Waals surface area (Å²) in [5, 5.41) is 10.2. The van der Waals surface area contributed by atoms with Gasteiger partial charge in [0.05, 0.1) is 21.8 Å². The first-order chi connectivity index (χ1) is 18.6. The molecule has 202 valence electrons. The van der Waals surface area contributed by atoms with E-state index in [0.717, 1.165) is 11.1 Å². The normalized spacial score (nSPS) is 15.8. The van der Waals surface area contributed by atoms with E-state index < -0.39 is 17.6 Å². The third-order valence-electron chi connectivity index (χ3n) is 7.22. The number of rotatable bonds is 4. The Hall–Kier alpha value is -3.98. The van der Waals surface area contributed by atoms with Crippen LogP contribution in [-0.2, 0) is 0 Å². The molecule has 0 saturated carbocycles. The molecule has 0 radical (unpaired) electrons. The van der Waals surface area contributed by atoms with Crippen molar-refractivity contribution in [2.45, 2.75) is 39.7 Å². The highest BCUT2D eigenvalue weighted by Crippen LogP contribution is 2.36. The molecule has 0 spiro atoms. The van der Waals surface area contributed by atoms with Crippen LogP contribution in [0.2, 0.25) is 5.02 Å². The van der Waals surface area contributed by atoms with E-state index >= 15 is 0 Å². The van der Waals surface area contributed by atoms with E-state index in [4.69, 9.17) is 16.6 Å². The Bertz CT molecular complexity index is 1650. The molecular weight excluding hydrogens is 521 g/mol. The first-order valence-electron chi connectivity index (χ1n) is 12.8. The lowest BCUT2D eigenvalue weighted by molar-refractivity contribution is 0.136. The second-order valence-electron chi connectivity index (χ2n) is 10.2. The molecule has 8 nitrogen and oxygen atoms in total. The van der Waals surface area contributed by atoms with Gasteiger partial charge in [0.2, 0.25) is 0 Å². The number of carbonyl (C=O) groups is 1. The summed E-state index contributed by atoms with van der Waals surface area (Å²) in [7, 11) is 0. The Morgan fingerprint density at radius 3 is 2.54 bits per heavy atom. The molecule has 4 aromatic rings. The van der Waals surface area contributed by atoms with Crippen molar-refractivity contribution in [1.29, 1.82) is 0 Å². The predicted molar refractivity (Wildman–Crippen MR) is 151 cm³/mol. The largest absolute Gasteiger partial charge is 0.465 e. The highest BCUT2D eigenvalue weighted by atomic mass is 35.5. The Morgan fingerprint density at radius 2 is 1.87 bits per heavy atom. The van der Waals surface area contributed by atoms with Crippen molar-refractivity contribution in [3.63, 3.8) is 0 Å². The van der Waals surface area contributed by atoms with E-state index in [0.29, 0.717) is 29.1 Å². The molecule has 2 aromatic heterocycles. The SMILES string of the molecule is Cc1cccc(C(C)C)c1-n1c(=O)nc(N2CCN(C(=O)O)CC2C)c2cc(Cl)c(-c3ccccc3F)nc21. The number of aryl methyl sites for hydroxylation is 1. The number of halogens is 2. The van der Waals surface area contributed by atoms with Crippen molar-refractivity contribution >= 4 is 34.5 Å². The zero-order valence-electron chi connectivity index (χ0n) is 22.2. The van der Waals surface area contributed by atoms with E-state index in [-0.39, 0.29) is 41.3 Å². The number of hydrogen-bond donors (Lipinski definition) is 1. The fourth-order valence-electron chi connectivity index (χ4n) is 5.27. The zero-order valence-corrected chi connectivity index (χ0v) is 22.9. The van der Waals surface area contributed by atoms with Gasteiger partial charge < -0.3 is 14.9 Å². The number of carboxylic acid groups (broad SMARTS) is 1. The van der Waals surface area contributed by atoms with Crippen LogP contribution in [0.25, 0.3) is 28.0 Å². The molecule has 1 aliphatic heterocycles. The molecule has 0 aliphatic carbocycles. The lowest BCUT2D eigenvalue weighted by Crippen LogP contribution is -2.54. The van der Waals surface area contributed by atoms with Crippen LogP contribution in [0.4, 0.5) is 15.0 Å². The summed E-state index contributed by atoms with van der Waals surface area (Å²) in [6.45, 7) is 8.76. The van der Waals surface area contributed by atoms with Gasteiger partial charge in [0, 0.05) is 31.2 Å². The minimum Gasteiger partial charge on any atom is -0.465 e. The van der Waals surface area contributed by atoms with Crippen molar-refractivity contribution in [1.82, 2.24) is 19.4 Å². The number of anilines is 1. The molecule has 1 atom stereocenters. The molecule has 1 N–H and O–H groups in total. The standard InChI is InChI=1S/C29H29ClFN5O3/c1-16(2)19-10-7-8-17(3)25(19)36-27-21(14-22(30)24(32-27)20-9-5-6-11-23(20)31)26(33-28(36)37)35-13-12-34(29(38)39)15-18(35)4/h5-11,14,16,18H,12-13,15H2,1-4H3,(H,38,39). The quantitative estimate of drug-likeness (QED) is 0.343. The number of aromatic nitrogens is 3. The van der Waals surface area contributed by atoms with Gasteiger partial charge in [-0.25, -0.2) is 23.5 Å². The number of amides is 1. The molecule has 1 aliphatic rings. The maximum absolute atomic E-state index is 14.9. The molecule has 10 heteroatoms. The van der Waals surface area contributed by atoms with Crippen LogP contribution in [0.15, 0.2) is 53.3 Å². The number of fused-ring (bicyclic) bond motifs is 1. The van der Waals surface area contributed by atoms with E-state index in [9.17, 15) is 19.1 Å². The molecule has 2 aromatic carbocycles. The summed E-state index contributed by atoms with van der Waals surface area (Å²) in [6.07, 6.45) is -0.991. The van der Waals surface area contributed by atoms with E-state index in [1.165, 1.54) is 15.5 Å². The summed E-state index contributed by atoms with van der Waals surface area (Å²) in [4.78, 5) is 38.0. The monoisotopic (exact) mass is 549 g/mol. The Balaban J connectivity index is 1.84. The smallest absolute Gasteiger partial charge is 0.407 e. The van der Waals surface area contributed by atoms with Gasteiger partial charge in [-0.2, -0.15) is 4.98 Å². The third-order valence-corrected chi connectivity index (χ3v) is 7.50. The molecule has 1 fully saturated rings. The zero-order chi connectivity index (χ0) is 28.0. The summed E-state index contributed by atoms with van der Waals surface area (Å²) >= 11 is 6.72. The fourth-order valence-corrected chi connectivity index (χ4v) is 5.52. The Morgan fingerprint density at radius 1 is 1.13 bits per heavy atom. The van der Waals surface area contributed by atoms with E-state index in [2.05, 4.69) is 4.98 Å². The fraction of sp³-hybridized carbons (Fsp3) is 0.310. The van der Waals surface area contributed by atoms with Gasteiger partial charge in [-0.3, -0.25) is 0 Å². The van der Waals surface area contributed by atoms with Gasteiger partial charge in [-0.05, 0) is 49.1 Å². The summed E-state index contributed by atoms with van der Waals surface area (Å²) in [5.74, 6) is -0.00598. The summed E-state index contributed by atoms with van der Waals surface area (Å²) in [6, 6.07) is 13.5. The minimum atomic E-state index is -0.991. The number of pyridine rings is 1. The van der Waals surface area contributed by atoms with Crippen LogP contribution in [0.3, 0.4) is 0 Å². The third kappa shape index (κ3) is 4.71. The van der Waals surface area contributed by atoms with Crippen molar-refractivity contribution in [2.24, 2.45) is 0 Å². The lowest BCUT2D eigenvalue weighted by Gasteiger charge is -2.39. The summed E-state index contributed by atoms with van der Waals surface area (Å²) < 4.78 is 16.4. The van der Waals surface area contributed by atoms with Gasteiger partial charge in [0.25, 0.3) is 0 Å². The van der Waals surface area contributed by atoms with Crippen LogP contribution in [0, 0.1) is 12.7 Å². The maximum Gasteiger partial charge on any atom is 0.407 e. The number of piperazine rings is 1. The predicted octanol–water partition coefficient (Wildman–Crippen LogP) is 5.86. The first kappa shape index (κ1) is 26.6. The molecule has 1 amide bonds. The number of para-hydroxylation sites is 1. The van der Waals surface area contributed by atoms with Crippen LogP contribution < -0.4 is 10.6 Å². The van der Waals surface area contributed by atoms with Crippen LogP contribution in [-0.4, -0.2) is 56.3 Å². The van der Waals surface area contributed by atoms with Crippen LogP contribution in [0.1, 0.15) is 37.8 Å². The Kier molecular flexibility index (Phi) is 7.03. The average molecular weight is 550 g/mol. The molecule has 5 rings (SSSR count). The lowest BCUT2D eigenvalue weighted by atomic mass is 9.98. The maximum atomic E-state index is 14.9. The van der Waals surface area contributed by atoms with Gasteiger partial charge in [0.1, 0.15) is 11.6 Å². The molecule has 0 bridgehead atoms. The molecule has 3 heterocycles. The minimum absolute atomic E-state index is 0.101. The van der Waals surface area contributed by atoms with Crippen molar-refractivity contribution < 1.29 is 14.3 Å². The highest BCUT2D eigenvalue weighted by molar-refractivity contribution is 6.33. The molecule has 1 unspecified atom stereocenters. The summed E-state index contributed by atoms with van der Waals surface area (Å²) in [5.41, 5.74) is 2.70. The molecular formula is C29H29ClFN5O3. The van der Waals surface area contributed by atoms with Crippen molar-refractivity contribution in [2.75, 3.05) is 24.5 Å². The van der Waals surface area contributed by atoms with E-state index in [1.807, 2.05) is 50.8 Å². The second-order valence-corrected chi connectivity index (χ2v) is 10.6. The van der Waals surface area contributed by atoms with Crippen LogP contribution in [0.5, 0.6) is 0 Å². The van der Waals surface area contributed by atoms with Crippen molar-refractivity contribution in [3.8, 4) is 16.9 Å². The van der Waals surface area contributed by atoms with Gasteiger partial charge in [-0.1, -0.05) is 55.8 Å². The van der Waals surface area contributed by atoms with E-state index in [1.54, 1.807) is 24.3 Å². The average Bonchev–Trinajstić information content (AvgIpc) is 2.89. The molecule has 39 heavy (non-hydrogen) atoms. The van der Waals surface area contributed by atoms with Gasteiger partial charge in [-0.15, -0.1) is 0 Å². The second kappa shape index (κ2) is 10.3. The number of benzene rings is 2. The van der Waals surface area contributed by atoms with Crippen LogP contribution >= 0.6 is 11.6 Å². The van der Waals surface area contributed by atoms with Crippen molar-refractivity contribution in [3.05, 3.63) is 81.0 Å². The highest BCUT2D eigenvalue weighted by Gasteiger charge is 2.30. The van der Waals surface area contributed by atoms with Gasteiger partial charge in [0.15, 0.2) is 5.65 Å². The first-order valence-corrected chi connectivity index (χ1v) is 13.2. The topological polar surface area (TPSA) is 91.6 Å². The van der Waals surface area contributed by atoms with Gasteiger partial charge >= 0.3 is 11.8 Å². The molecule has 1 saturated heterocycles. The number of hydrogen-bond acceptors (Lipinski definition) is 5. The number of nitrogens with zero attached hydrogens (tertiary/aromatic N) is 5. The Labute approximate surface area is 230 Å².